The van der Waals surface area contributed by atoms with Crippen LogP contribution in [0, 0.1) is 11.3 Å². The third-order valence-corrected chi connectivity index (χ3v) is 2.47. The summed E-state index contributed by atoms with van der Waals surface area (Å²) in [6.45, 7) is 2.34. The van der Waals surface area contributed by atoms with Crippen molar-refractivity contribution in [3.05, 3.63) is 40.4 Å². The predicted molar refractivity (Wildman–Crippen MR) is 70.9 cm³/mol. The average molecular weight is 264 g/mol. The van der Waals surface area contributed by atoms with Crippen LogP contribution in [0.15, 0.2) is 29.8 Å². The first-order valence-corrected chi connectivity index (χ1v) is 6.09. The van der Waals surface area contributed by atoms with Crippen molar-refractivity contribution in [1.82, 2.24) is 0 Å². The highest BCUT2D eigenvalue weighted by molar-refractivity contribution is 6.30. The second-order valence-corrected chi connectivity index (χ2v) is 4.15. The van der Waals surface area contributed by atoms with Crippen molar-refractivity contribution < 1.29 is 9.53 Å². The molecule has 0 N–H and O–H groups in total. The summed E-state index contributed by atoms with van der Waals surface area (Å²) < 4.78 is 4.98. The molecule has 0 saturated heterocycles. The summed E-state index contributed by atoms with van der Waals surface area (Å²) in [6, 6.07) is 8.77. The highest BCUT2D eigenvalue weighted by Gasteiger charge is 2.10. The van der Waals surface area contributed by atoms with E-state index in [4.69, 9.17) is 21.6 Å². The minimum Gasteiger partial charge on any atom is -0.462 e. The maximum Gasteiger partial charge on any atom is 0.348 e. The number of benzene rings is 1. The van der Waals surface area contributed by atoms with Gasteiger partial charge in [-0.3, -0.25) is 0 Å². The second-order valence-electron chi connectivity index (χ2n) is 3.71. The summed E-state index contributed by atoms with van der Waals surface area (Å²) in [4.78, 5) is 11.6. The van der Waals surface area contributed by atoms with Gasteiger partial charge in [0.15, 0.2) is 0 Å². The molecule has 94 valence electrons. The average Bonchev–Trinajstić information content (AvgIpc) is 2.36. The zero-order valence-electron chi connectivity index (χ0n) is 10.1. The maximum atomic E-state index is 11.6. The number of carbonyl (C=O) groups excluding carboxylic acids is 1. The van der Waals surface area contributed by atoms with Crippen molar-refractivity contribution in [3.63, 3.8) is 0 Å². The Hall–Kier alpha value is -1.79. The molecule has 1 aromatic carbocycles. The Morgan fingerprint density at radius 1 is 1.56 bits per heavy atom. The topological polar surface area (TPSA) is 50.1 Å². The van der Waals surface area contributed by atoms with E-state index in [9.17, 15) is 4.79 Å². The monoisotopic (exact) mass is 263 g/mol. The van der Waals surface area contributed by atoms with Crippen molar-refractivity contribution >= 4 is 23.6 Å². The summed E-state index contributed by atoms with van der Waals surface area (Å²) in [6.07, 6.45) is 3.20. The van der Waals surface area contributed by atoms with Crippen molar-refractivity contribution in [2.24, 2.45) is 0 Å². The summed E-state index contributed by atoms with van der Waals surface area (Å²) >= 11 is 5.83. The first-order valence-electron chi connectivity index (χ1n) is 5.72. The predicted octanol–water partition coefficient (Wildman–Crippen LogP) is 3.59. The molecule has 3 nitrogen and oxygen atoms in total. The lowest BCUT2D eigenvalue weighted by atomic mass is 10.1. The van der Waals surface area contributed by atoms with Crippen LogP contribution in [-0.2, 0) is 9.53 Å². The van der Waals surface area contributed by atoms with Gasteiger partial charge in [-0.05, 0) is 30.2 Å². The Bertz CT molecular complexity index is 489. The Kier molecular flexibility index (Phi) is 5.96. The largest absolute Gasteiger partial charge is 0.462 e. The molecular weight excluding hydrogens is 250 g/mol. The lowest BCUT2D eigenvalue weighted by Gasteiger charge is -2.02. The first kappa shape index (κ1) is 14.3. The fraction of sp³-hybridized carbons (Fsp3) is 0.286. The van der Waals surface area contributed by atoms with E-state index in [-0.39, 0.29) is 5.57 Å². The van der Waals surface area contributed by atoms with Crippen molar-refractivity contribution in [2.45, 2.75) is 19.8 Å². The molecular formula is C14H14ClNO2. The Balaban J connectivity index is 2.77. The van der Waals surface area contributed by atoms with Crippen LogP contribution in [0.3, 0.4) is 0 Å². The first-order chi connectivity index (χ1) is 8.67. The summed E-state index contributed by atoms with van der Waals surface area (Å²) in [5, 5.41) is 9.49. The van der Waals surface area contributed by atoms with E-state index in [0.717, 1.165) is 12.8 Å². The lowest BCUT2D eigenvalue weighted by molar-refractivity contribution is -0.138. The summed E-state index contributed by atoms with van der Waals surface area (Å²) in [5.41, 5.74) is 0.680. The van der Waals surface area contributed by atoms with Gasteiger partial charge in [0.05, 0.1) is 6.61 Å². The molecule has 0 radical (unpaired) electrons. The normalized spacial score (nSPS) is 10.8. The summed E-state index contributed by atoms with van der Waals surface area (Å²) in [5.74, 6) is -0.592. The fourth-order valence-corrected chi connectivity index (χ4v) is 1.49. The second kappa shape index (κ2) is 7.52. The van der Waals surface area contributed by atoms with E-state index < -0.39 is 5.97 Å². The number of hydrogen-bond acceptors (Lipinski definition) is 3. The SMILES string of the molecule is CCCCOC(=O)C(C#N)=Cc1cccc(Cl)c1. The number of carbonyl (C=O) groups is 1. The third kappa shape index (κ3) is 4.60. The number of unbranched alkanes of at least 4 members (excludes halogenated alkanes) is 1. The van der Waals surface area contributed by atoms with E-state index >= 15 is 0 Å². The Morgan fingerprint density at radius 3 is 2.94 bits per heavy atom. The van der Waals surface area contributed by atoms with Crippen molar-refractivity contribution in [1.29, 1.82) is 5.26 Å². The molecule has 1 aromatic rings. The minimum atomic E-state index is -0.592. The van der Waals surface area contributed by atoms with E-state index in [1.54, 1.807) is 24.3 Å². The molecule has 0 aromatic heterocycles. The molecule has 0 bridgehead atoms. The molecule has 0 aliphatic rings. The molecule has 0 spiro atoms. The van der Waals surface area contributed by atoms with Crippen LogP contribution >= 0.6 is 11.6 Å². The highest BCUT2D eigenvalue weighted by Crippen LogP contribution is 2.14. The lowest BCUT2D eigenvalue weighted by Crippen LogP contribution is -2.07. The van der Waals surface area contributed by atoms with Crippen LogP contribution in [0.1, 0.15) is 25.3 Å². The Morgan fingerprint density at radius 2 is 2.33 bits per heavy atom. The number of nitriles is 1. The molecule has 0 saturated carbocycles. The molecule has 0 fully saturated rings. The number of ether oxygens (including phenoxy) is 1. The molecule has 0 unspecified atom stereocenters. The van der Waals surface area contributed by atoms with Gasteiger partial charge in [0.25, 0.3) is 0 Å². The number of halogens is 1. The van der Waals surface area contributed by atoms with Crippen molar-refractivity contribution in [2.75, 3.05) is 6.61 Å². The van der Waals surface area contributed by atoms with Crippen molar-refractivity contribution in [3.8, 4) is 6.07 Å². The van der Waals surface area contributed by atoms with Gasteiger partial charge in [0, 0.05) is 5.02 Å². The van der Waals surface area contributed by atoms with Crippen LogP contribution < -0.4 is 0 Å². The third-order valence-electron chi connectivity index (χ3n) is 2.23. The van der Waals surface area contributed by atoms with Gasteiger partial charge in [-0.15, -0.1) is 0 Å². The van der Waals surface area contributed by atoms with Crippen LogP contribution in [0.25, 0.3) is 6.08 Å². The van der Waals surface area contributed by atoms with E-state index in [1.165, 1.54) is 6.08 Å². The zero-order chi connectivity index (χ0) is 13.4. The highest BCUT2D eigenvalue weighted by atomic mass is 35.5. The molecule has 0 heterocycles. The molecule has 0 aliphatic heterocycles. The molecule has 4 heteroatoms. The summed E-state index contributed by atoms with van der Waals surface area (Å²) in [7, 11) is 0. The van der Waals surface area contributed by atoms with Gasteiger partial charge < -0.3 is 4.74 Å². The van der Waals surface area contributed by atoms with Gasteiger partial charge in [-0.2, -0.15) is 5.26 Å². The van der Waals surface area contributed by atoms with Gasteiger partial charge in [0.2, 0.25) is 0 Å². The molecule has 1 rings (SSSR count). The number of nitrogens with zero attached hydrogens (tertiary/aromatic N) is 1. The number of hydrogen-bond donors (Lipinski definition) is 0. The molecule has 0 aliphatic carbocycles. The van der Waals surface area contributed by atoms with Gasteiger partial charge in [-0.25, -0.2) is 4.79 Å². The van der Waals surface area contributed by atoms with Crippen LogP contribution in [0.5, 0.6) is 0 Å². The minimum absolute atomic E-state index is 0.0200. The molecule has 18 heavy (non-hydrogen) atoms. The smallest absolute Gasteiger partial charge is 0.348 e. The standard InChI is InChI=1S/C14H14ClNO2/c1-2-3-7-18-14(17)12(10-16)8-11-5-4-6-13(15)9-11/h4-6,8-9H,2-3,7H2,1H3. The molecule has 0 amide bonds. The van der Waals surface area contributed by atoms with Crippen LogP contribution in [0.2, 0.25) is 5.02 Å². The molecule has 0 atom stereocenters. The zero-order valence-corrected chi connectivity index (χ0v) is 10.9. The van der Waals surface area contributed by atoms with E-state index in [1.807, 2.05) is 13.0 Å². The number of rotatable bonds is 5. The van der Waals surface area contributed by atoms with E-state index in [0.29, 0.717) is 17.2 Å². The van der Waals surface area contributed by atoms with Gasteiger partial charge in [0.1, 0.15) is 11.6 Å². The number of esters is 1. The Labute approximate surface area is 112 Å². The maximum absolute atomic E-state index is 11.6. The quantitative estimate of drug-likeness (QED) is 0.353. The van der Waals surface area contributed by atoms with Crippen LogP contribution in [-0.4, -0.2) is 12.6 Å². The van der Waals surface area contributed by atoms with Crippen LogP contribution in [0.4, 0.5) is 0 Å². The van der Waals surface area contributed by atoms with Gasteiger partial charge >= 0.3 is 5.97 Å². The van der Waals surface area contributed by atoms with Gasteiger partial charge in [-0.1, -0.05) is 37.1 Å². The van der Waals surface area contributed by atoms with E-state index in [2.05, 4.69) is 0 Å². The fourth-order valence-electron chi connectivity index (χ4n) is 1.29.